The summed E-state index contributed by atoms with van der Waals surface area (Å²) in [7, 11) is 1.44. The van der Waals surface area contributed by atoms with Crippen LogP contribution in [0.5, 0.6) is 0 Å². The van der Waals surface area contributed by atoms with E-state index in [2.05, 4.69) is 4.89 Å². The van der Waals surface area contributed by atoms with Gasteiger partial charge in [-0.2, -0.15) is 4.33 Å². The first-order valence-electron chi connectivity index (χ1n) is 8.97. The monoisotopic (exact) mass is 398 g/mol. The minimum atomic E-state index is -0.906. The highest BCUT2D eigenvalue weighted by Gasteiger charge is 2.45. The van der Waals surface area contributed by atoms with Gasteiger partial charge < -0.3 is 4.74 Å². The summed E-state index contributed by atoms with van der Waals surface area (Å²) in [6.45, 7) is 5.26. The molecule has 2 aromatic carbocycles. The van der Waals surface area contributed by atoms with Gasteiger partial charge in [0.15, 0.2) is 11.4 Å². The fourth-order valence-corrected chi connectivity index (χ4v) is 3.39. The van der Waals surface area contributed by atoms with E-state index in [0.29, 0.717) is 23.3 Å². The Bertz CT molecular complexity index is 915. The van der Waals surface area contributed by atoms with Gasteiger partial charge in [-0.3, -0.25) is 9.59 Å². The minimum Gasteiger partial charge on any atom is -0.478 e. The fourth-order valence-electron chi connectivity index (χ4n) is 3.00. The molecule has 0 fully saturated rings. The SMILES string of the molecule is CCC1(C)OC(c2ccc(SOOC)cc2)=C(c2ccc(C(C)=O)cc2)C1=O. The molecule has 0 radical (unpaired) electrons. The molecule has 0 spiro atoms. The molecule has 1 atom stereocenters. The summed E-state index contributed by atoms with van der Waals surface area (Å²) < 4.78 is 11.0. The van der Waals surface area contributed by atoms with Crippen LogP contribution >= 0.6 is 12.0 Å². The highest BCUT2D eigenvalue weighted by molar-refractivity contribution is 7.94. The van der Waals surface area contributed by atoms with Crippen LogP contribution < -0.4 is 0 Å². The van der Waals surface area contributed by atoms with E-state index in [4.69, 9.17) is 9.07 Å². The number of hydrogen-bond donors (Lipinski definition) is 0. The predicted molar refractivity (Wildman–Crippen MR) is 108 cm³/mol. The van der Waals surface area contributed by atoms with Crippen LogP contribution in [0.1, 0.15) is 48.7 Å². The van der Waals surface area contributed by atoms with E-state index >= 15 is 0 Å². The lowest BCUT2D eigenvalue weighted by Gasteiger charge is -2.21. The molecule has 28 heavy (non-hydrogen) atoms. The third-order valence-corrected chi connectivity index (χ3v) is 5.50. The first kappa shape index (κ1) is 20.3. The summed E-state index contributed by atoms with van der Waals surface area (Å²) in [4.78, 5) is 30.2. The quantitative estimate of drug-likeness (QED) is 0.279. The van der Waals surface area contributed by atoms with Crippen molar-refractivity contribution in [1.29, 1.82) is 0 Å². The Hall–Kier alpha value is -2.41. The van der Waals surface area contributed by atoms with Crippen LogP contribution in [0.25, 0.3) is 11.3 Å². The van der Waals surface area contributed by atoms with Crippen molar-refractivity contribution in [3.05, 3.63) is 65.2 Å². The lowest BCUT2D eigenvalue weighted by molar-refractivity contribution is -0.160. The van der Waals surface area contributed by atoms with E-state index in [-0.39, 0.29) is 11.6 Å². The largest absolute Gasteiger partial charge is 0.478 e. The van der Waals surface area contributed by atoms with Crippen molar-refractivity contribution in [1.82, 2.24) is 0 Å². The first-order chi connectivity index (χ1) is 13.4. The van der Waals surface area contributed by atoms with E-state index in [1.165, 1.54) is 14.0 Å². The zero-order valence-corrected chi connectivity index (χ0v) is 17.1. The van der Waals surface area contributed by atoms with Crippen LogP contribution in [0, 0.1) is 0 Å². The summed E-state index contributed by atoms with van der Waals surface area (Å²) in [5, 5.41) is 0. The third-order valence-electron chi connectivity index (χ3n) is 4.83. The molecule has 146 valence electrons. The van der Waals surface area contributed by atoms with Crippen molar-refractivity contribution in [3.63, 3.8) is 0 Å². The zero-order chi connectivity index (χ0) is 20.3. The molecule has 6 heteroatoms. The second-order valence-electron chi connectivity index (χ2n) is 6.70. The highest BCUT2D eigenvalue weighted by Crippen LogP contribution is 2.43. The number of Topliss-reactive ketones (excluding diaryl/α,β-unsaturated/α-hetero) is 2. The number of ketones is 2. The Balaban J connectivity index is 2.04. The molecule has 0 aliphatic carbocycles. The standard InChI is InChI=1S/C22H22O5S/c1-5-22(3)21(24)19(16-8-6-15(7-9-16)14(2)23)20(26-22)17-10-12-18(13-11-17)28-27-25-4/h6-13H,5H2,1-4H3. The number of carbonyl (C=O) groups excluding carboxylic acids is 2. The molecular weight excluding hydrogens is 376 g/mol. The van der Waals surface area contributed by atoms with Crippen molar-refractivity contribution in [3.8, 4) is 0 Å². The van der Waals surface area contributed by atoms with Crippen molar-refractivity contribution in [2.45, 2.75) is 37.7 Å². The maximum absolute atomic E-state index is 13.2. The summed E-state index contributed by atoms with van der Waals surface area (Å²) in [5.41, 5.74) is 1.78. The van der Waals surface area contributed by atoms with E-state index in [0.717, 1.165) is 28.1 Å². The Morgan fingerprint density at radius 3 is 2.21 bits per heavy atom. The summed E-state index contributed by atoms with van der Waals surface area (Å²) in [5.74, 6) is 0.482. The Kier molecular flexibility index (Phi) is 6.03. The summed E-state index contributed by atoms with van der Waals surface area (Å²) in [6, 6.07) is 14.6. The smallest absolute Gasteiger partial charge is 0.210 e. The van der Waals surface area contributed by atoms with Gasteiger partial charge in [-0.25, -0.2) is 4.89 Å². The molecule has 2 aromatic rings. The summed E-state index contributed by atoms with van der Waals surface area (Å²) >= 11 is 1.10. The molecule has 1 heterocycles. The van der Waals surface area contributed by atoms with E-state index in [9.17, 15) is 9.59 Å². The van der Waals surface area contributed by atoms with Gasteiger partial charge in [0.1, 0.15) is 5.76 Å². The molecule has 0 bridgehead atoms. The lowest BCUT2D eigenvalue weighted by atomic mass is 9.89. The van der Waals surface area contributed by atoms with Crippen molar-refractivity contribution in [2.24, 2.45) is 0 Å². The van der Waals surface area contributed by atoms with Crippen molar-refractivity contribution < 1.29 is 23.5 Å². The maximum Gasteiger partial charge on any atom is 0.210 e. The normalized spacial score (nSPS) is 19.1. The molecule has 0 N–H and O–H groups in total. The van der Waals surface area contributed by atoms with Gasteiger partial charge in [0.25, 0.3) is 0 Å². The van der Waals surface area contributed by atoms with Gasteiger partial charge in [0.2, 0.25) is 5.78 Å². The van der Waals surface area contributed by atoms with Crippen molar-refractivity contribution >= 4 is 34.9 Å². The molecule has 1 aliphatic rings. The molecule has 1 aliphatic heterocycles. The second-order valence-corrected chi connectivity index (χ2v) is 7.47. The Labute approximate surface area is 168 Å². The van der Waals surface area contributed by atoms with Crippen LogP contribution in [0.4, 0.5) is 0 Å². The molecular formula is C22H22O5S. The van der Waals surface area contributed by atoms with E-state index in [1.54, 1.807) is 24.3 Å². The van der Waals surface area contributed by atoms with Gasteiger partial charge >= 0.3 is 0 Å². The molecule has 0 saturated heterocycles. The van der Waals surface area contributed by atoms with Crippen LogP contribution in [0.2, 0.25) is 0 Å². The van der Waals surface area contributed by atoms with Gasteiger partial charge in [-0.1, -0.05) is 43.3 Å². The van der Waals surface area contributed by atoms with Crippen LogP contribution in [-0.4, -0.2) is 24.3 Å². The van der Waals surface area contributed by atoms with Crippen LogP contribution in [0.15, 0.2) is 53.4 Å². The van der Waals surface area contributed by atoms with Crippen molar-refractivity contribution in [2.75, 3.05) is 7.11 Å². The van der Waals surface area contributed by atoms with Gasteiger partial charge in [-0.15, -0.1) is 0 Å². The average molecular weight is 398 g/mol. The van der Waals surface area contributed by atoms with Crippen LogP contribution in [0.3, 0.4) is 0 Å². The van der Waals surface area contributed by atoms with E-state index < -0.39 is 5.60 Å². The fraction of sp³-hybridized carbons (Fsp3) is 0.273. The average Bonchev–Trinajstić information content (AvgIpc) is 2.98. The van der Waals surface area contributed by atoms with Gasteiger partial charge in [0, 0.05) is 16.0 Å². The number of carbonyl (C=O) groups is 2. The van der Waals surface area contributed by atoms with Gasteiger partial charge in [-0.05, 0) is 38.0 Å². The topological polar surface area (TPSA) is 61.8 Å². The molecule has 0 aromatic heterocycles. The third kappa shape index (κ3) is 3.90. The second kappa shape index (κ2) is 8.31. The van der Waals surface area contributed by atoms with E-state index in [1.807, 2.05) is 38.1 Å². The molecule has 0 amide bonds. The molecule has 3 rings (SSSR count). The first-order valence-corrected chi connectivity index (χ1v) is 9.71. The Morgan fingerprint density at radius 2 is 1.68 bits per heavy atom. The number of rotatable bonds is 7. The number of benzene rings is 2. The lowest BCUT2D eigenvalue weighted by Crippen LogP contribution is -2.32. The maximum atomic E-state index is 13.2. The highest BCUT2D eigenvalue weighted by atomic mass is 32.2. The van der Waals surface area contributed by atoms with Crippen LogP contribution in [-0.2, 0) is 18.8 Å². The number of hydrogen-bond acceptors (Lipinski definition) is 6. The predicted octanol–water partition coefficient (Wildman–Crippen LogP) is 5.11. The summed E-state index contributed by atoms with van der Waals surface area (Å²) in [6.07, 6.45) is 0.556. The molecule has 0 saturated carbocycles. The number of ether oxygens (including phenoxy) is 1. The minimum absolute atomic E-state index is 0.0143. The molecule has 5 nitrogen and oxygen atoms in total. The molecule has 1 unspecified atom stereocenters. The zero-order valence-electron chi connectivity index (χ0n) is 16.3. The Morgan fingerprint density at radius 1 is 1.07 bits per heavy atom. The van der Waals surface area contributed by atoms with Gasteiger partial charge in [0.05, 0.1) is 24.7 Å².